The van der Waals surface area contributed by atoms with Gasteiger partial charge in [0.2, 0.25) is 0 Å². The molecule has 12 nitrogen and oxygen atoms in total. The van der Waals surface area contributed by atoms with E-state index in [0.717, 1.165) is 0 Å². The number of aliphatic hydroxyl groups is 5. The van der Waals surface area contributed by atoms with Crippen molar-refractivity contribution in [1.29, 1.82) is 0 Å². The Morgan fingerprint density at radius 2 is 1.62 bits per heavy atom. The Kier molecular flexibility index (Phi) is 6.59. The van der Waals surface area contributed by atoms with Crippen LogP contribution in [-0.2, 0) is 19.1 Å². The van der Waals surface area contributed by atoms with Crippen LogP contribution in [0.2, 0.25) is 0 Å². The summed E-state index contributed by atoms with van der Waals surface area (Å²) < 4.78 is 4.73. The van der Waals surface area contributed by atoms with Crippen molar-refractivity contribution in [3.8, 4) is 0 Å². The average molecular weight is 353 g/mol. The summed E-state index contributed by atoms with van der Waals surface area (Å²) >= 11 is 0. The van der Waals surface area contributed by atoms with Crippen molar-refractivity contribution in [2.24, 2.45) is 5.92 Å². The standard InChI is InChI=1S/C12H19NO11/c14-3-5-6(15)7(16)8(17)12(23,24-5)11(22)13-2-1-4(9(18)19)10(20)21/h4-8,14-17,23H,1-3H2,(H,13,22)(H,18,19)(H,20,21)/t5-,6-,7+,8+,12+/m1/s1. The number of carbonyl (C=O) groups excluding carboxylic acids is 1. The Morgan fingerprint density at radius 1 is 1.08 bits per heavy atom. The third-order valence-corrected chi connectivity index (χ3v) is 3.61. The lowest BCUT2D eigenvalue weighted by Crippen LogP contribution is -2.70. The SMILES string of the molecule is O=C(O)C(CCNC(=O)[C@@]1(O)O[C@H](CO)[C@@H](O)[C@H](O)[C@@H]1O)C(=O)O. The fraction of sp³-hybridized carbons (Fsp3) is 0.750. The molecule has 138 valence electrons. The summed E-state index contributed by atoms with van der Waals surface area (Å²) in [7, 11) is 0. The number of hydrogen-bond acceptors (Lipinski definition) is 9. The lowest BCUT2D eigenvalue weighted by Gasteiger charge is -2.44. The number of nitrogens with one attached hydrogen (secondary N) is 1. The van der Waals surface area contributed by atoms with Crippen molar-refractivity contribution in [1.82, 2.24) is 5.32 Å². The van der Waals surface area contributed by atoms with Crippen molar-refractivity contribution < 1.29 is 54.9 Å². The maximum Gasteiger partial charge on any atom is 0.317 e. The smallest absolute Gasteiger partial charge is 0.317 e. The number of aliphatic hydroxyl groups excluding tert-OH is 4. The normalized spacial score (nSPS) is 33.2. The first-order chi connectivity index (χ1) is 11.1. The van der Waals surface area contributed by atoms with Crippen LogP contribution in [0.5, 0.6) is 0 Å². The number of rotatable bonds is 7. The van der Waals surface area contributed by atoms with Crippen LogP contribution in [0.3, 0.4) is 0 Å². The molecule has 0 aromatic carbocycles. The van der Waals surface area contributed by atoms with Gasteiger partial charge in [0.15, 0.2) is 5.92 Å². The van der Waals surface area contributed by atoms with Crippen LogP contribution >= 0.6 is 0 Å². The van der Waals surface area contributed by atoms with Crippen LogP contribution in [0.25, 0.3) is 0 Å². The molecule has 1 fully saturated rings. The first-order valence-corrected chi connectivity index (χ1v) is 6.85. The van der Waals surface area contributed by atoms with E-state index >= 15 is 0 Å². The minimum Gasteiger partial charge on any atom is -0.481 e. The van der Waals surface area contributed by atoms with Crippen LogP contribution < -0.4 is 5.32 Å². The van der Waals surface area contributed by atoms with Gasteiger partial charge in [-0.05, 0) is 6.42 Å². The fourth-order valence-corrected chi connectivity index (χ4v) is 2.15. The predicted molar refractivity (Wildman–Crippen MR) is 71.3 cm³/mol. The summed E-state index contributed by atoms with van der Waals surface area (Å²) in [6.07, 6.45) is -8.11. The number of ether oxygens (including phenoxy) is 1. The van der Waals surface area contributed by atoms with Crippen LogP contribution in [0, 0.1) is 5.92 Å². The van der Waals surface area contributed by atoms with Crippen molar-refractivity contribution in [3.63, 3.8) is 0 Å². The van der Waals surface area contributed by atoms with Gasteiger partial charge >= 0.3 is 11.9 Å². The van der Waals surface area contributed by atoms with Gasteiger partial charge in [-0.2, -0.15) is 0 Å². The Bertz CT molecular complexity index is 481. The molecule has 1 aliphatic rings. The molecule has 0 aliphatic carbocycles. The van der Waals surface area contributed by atoms with Crippen LogP contribution in [0.15, 0.2) is 0 Å². The van der Waals surface area contributed by atoms with E-state index in [9.17, 15) is 34.8 Å². The molecule has 0 unspecified atom stereocenters. The van der Waals surface area contributed by atoms with Gasteiger partial charge in [0.1, 0.15) is 24.4 Å². The molecule has 0 saturated carbocycles. The van der Waals surface area contributed by atoms with Gasteiger partial charge < -0.3 is 45.8 Å². The molecular weight excluding hydrogens is 334 g/mol. The number of carboxylic acid groups (broad SMARTS) is 2. The minimum atomic E-state index is -3.02. The molecule has 1 amide bonds. The average Bonchev–Trinajstić information content (AvgIpc) is 2.51. The topological polar surface area (TPSA) is 214 Å². The number of amides is 1. The first kappa shape index (κ1) is 20.2. The van der Waals surface area contributed by atoms with E-state index in [2.05, 4.69) is 0 Å². The van der Waals surface area contributed by atoms with E-state index in [4.69, 9.17) is 20.1 Å². The third-order valence-electron chi connectivity index (χ3n) is 3.61. The van der Waals surface area contributed by atoms with E-state index in [1.807, 2.05) is 5.32 Å². The Labute approximate surface area is 134 Å². The molecule has 5 atom stereocenters. The first-order valence-electron chi connectivity index (χ1n) is 6.85. The minimum absolute atomic E-state index is 0.497. The number of carbonyl (C=O) groups is 3. The second kappa shape index (κ2) is 7.83. The van der Waals surface area contributed by atoms with Crippen LogP contribution in [0.4, 0.5) is 0 Å². The largest absolute Gasteiger partial charge is 0.481 e. The third kappa shape index (κ3) is 3.98. The lowest BCUT2D eigenvalue weighted by atomic mass is 9.92. The highest BCUT2D eigenvalue weighted by molar-refractivity contribution is 5.93. The van der Waals surface area contributed by atoms with E-state index in [-0.39, 0.29) is 0 Å². The van der Waals surface area contributed by atoms with Crippen molar-refractivity contribution in [2.75, 3.05) is 13.2 Å². The summed E-state index contributed by atoms with van der Waals surface area (Å²) in [5.41, 5.74) is 0. The Balaban J connectivity index is 2.74. The second-order valence-electron chi connectivity index (χ2n) is 5.23. The molecule has 0 bridgehead atoms. The summed E-state index contributed by atoms with van der Waals surface area (Å²) in [5.74, 6) is -9.45. The Morgan fingerprint density at radius 3 is 2.08 bits per heavy atom. The molecule has 0 spiro atoms. The summed E-state index contributed by atoms with van der Waals surface area (Å²) in [5, 5.41) is 67.3. The van der Waals surface area contributed by atoms with Crippen LogP contribution in [-0.4, -0.2) is 96.9 Å². The van der Waals surface area contributed by atoms with E-state index in [0.29, 0.717) is 0 Å². The molecule has 1 aliphatic heterocycles. The molecule has 1 rings (SSSR count). The van der Waals surface area contributed by atoms with Gasteiger partial charge in [0.05, 0.1) is 6.61 Å². The summed E-state index contributed by atoms with van der Waals surface area (Å²) in [4.78, 5) is 33.3. The number of hydrogen-bond donors (Lipinski definition) is 8. The van der Waals surface area contributed by atoms with E-state index < -0.39 is 73.5 Å². The van der Waals surface area contributed by atoms with Crippen LogP contribution in [0.1, 0.15) is 6.42 Å². The molecule has 0 aromatic heterocycles. The molecule has 12 heteroatoms. The highest BCUT2D eigenvalue weighted by atomic mass is 16.7. The highest BCUT2D eigenvalue weighted by Gasteiger charge is 2.57. The van der Waals surface area contributed by atoms with Gasteiger partial charge in [-0.25, -0.2) is 0 Å². The lowest BCUT2D eigenvalue weighted by molar-refractivity contribution is -0.331. The fourth-order valence-electron chi connectivity index (χ4n) is 2.15. The molecule has 1 heterocycles. The zero-order valence-electron chi connectivity index (χ0n) is 12.3. The molecule has 24 heavy (non-hydrogen) atoms. The molecular formula is C12H19NO11. The number of carboxylic acids is 2. The van der Waals surface area contributed by atoms with Crippen molar-refractivity contribution >= 4 is 17.8 Å². The maximum atomic E-state index is 11.9. The predicted octanol–water partition coefficient (Wildman–Crippen LogP) is -4.56. The quantitative estimate of drug-likeness (QED) is 0.204. The van der Waals surface area contributed by atoms with Gasteiger partial charge in [0, 0.05) is 6.54 Å². The molecule has 1 saturated heterocycles. The highest BCUT2D eigenvalue weighted by Crippen LogP contribution is 2.28. The monoisotopic (exact) mass is 353 g/mol. The van der Waals surface area contributed by atoms with Gasteiger partial charge in [-0.1, -0.05) is 0 Å². The summed E-state index contributed by atoms with van der Waals surface area (Å²) in [6.45, 7) is -1.37. The summed E-state index contributed by atoms with van der Waals surface area (Å²) in [6, 6.07) is 0. The van der Waals surface area contributed by atoms with E-state index in [1.54, 1.807) is 0 Å². The van der Waals surface area contributed by atoms with Crippen molar-refractivity contribution in [3.05, 3.63) is 0 Å². The van der Waals surface area contributed by atoms with E-state index in [1.165, 1.54) is 0 Å². The van der Waals surface area contributed by atoms with Gasteiger partial charge in [-0.3, -0.25) is 14.4 Å². The number of aliphatic carboxylic acids is 2. The zero-order valence-corrected chi connectivity index (χ0v) is 12.3. The van der Waals surface area contributed by atoms with Crippen molar-refractivity contribution in [2.45, 2.75) is 36.6 Å². The zero-order chi connectivity index (χ0) is 18.7. The van der Waals surface area contributed by atoms with Gasteiger partial charge in [0.25, 0.3) is 11.7 Å². The second-order valence-corrected chi connectivity index (χ2v) is 5.23. The Hall–Kier alpha value is -1.83. The van der Waals surface area contributed by atoms with Gasteiger partial charge in [-0.15, -0.1) is 0 Å². The maximum absolute atomic E-state index is 11.9. The molecule has 8 N–H and O–H groups in total. The molecule has 0 aromatic rings. The molecule has 0 radical (unpaired) electrons.